The number of amides is 1. The monoisotopic (exact) mass is 341 g/mol. The number of benzene rings is 1. The molecule has 1 aromatic heterocycles. The van der Waals surface area contributed by atoms with Crippen LogP contribution in [0.15, 0.2) is 23.0 Å². The number of carbonyl (C=O) groups is 1. The molecule has 1 aliphatic carbocycles. The summed E-state index contributed by atoms with van der Waals surface area (Å²) < 4.78 is 2.75. The zero-order valence-electron chi connectivity index (χ0n) is 13.4. The second-order valence-electron chi connectivity index (χ2n) is 6.82. The Labute approximate surface area is 144 Å². The summed E-state index contributed by atoms with van der Waals surface area (Å²) in [6.07, 6.45) is 4.03. The van der Waals surface area contributed by atoms with Crippen LogP contribution < -0.4 is 5.56 Å². The summed E-state index contributed by atoms with van der Waals surface area (Å²) >= 11 is 1.47. The third-order valence-electron chi connectivity index (χ3n) is 5.05. The predicted molar refractivity (Wildman–Crippen MR) is 92.8 cm³/mol. The van der Waals surface area contributed by atoms with Crippen LogP contribution in [-0.2, 0) is 11.3 Å². The van der Waals surface area contributed by atoms with E-state index in [0.717, 1.165) is 43.5 Å². The summed E-state index contributed by atoms with van der Waals surface area (Å²) in [6.45, 7) is 2.35. The molecule has 1 saturated carbocycles. The van der Waals surface area contributed by atoms with Crippen molar-refractivity contribution in [1.29, 1.82) is 5.26 Å². The SMILES string of the molecule is N#Cc1ccc2sn(CC3CCN(C(=O)C4CC4)CC3)c(=O)c2c1. The van der Waals surface area contributed by atoms with Crippen molar-refractivity contribution in [1.82, 2.24) is 8.86 Å². The molecule has 1 aliphatic heterocycles. The Morgan fingerprint density at radius 2 is 2.00 bits per heavy atom. The zero-order chi connectivity index (χ0) is 16.7. The molecule has 1 amide bonds. The summed E-state index contributed by atoms with van der Waals surface area (Å²) in [6, 6.07) is 7.38. The fraction of sp³-hybridized carbons (Fsp3) is 0.500. The first kappa shape index (κ1) is 15.4. The second-order valence-corrected chi connectivity index (χ2v) is 7.89. The van der Waals surface area contributed by atoms with Gasteiger partial charge in [-0.15, -0.1) is 0 Å². The van der Waals surface area contributed by atoms with Crippen molar-refractivity contribution in [3.8, 4) is 6.07 Å². The van der Waals surface area contributed by atoms with E-state index in [0.29, 0.717) is 35.2 Å². The van der Waals surface area contributed by atoms with Gasteiger partial charge in [0.2, 0.25) is 5.91 Å². The van der Waals surface area contributed by atoms with Gasteiger partial charge in [-0.3, -0.25) is 13.5 Å². The number of aromatic nitrogens is 1. The number of rotatable bonds is 3. The lowest BCUT2D eigenvalue weighted by atomic mass is 9.96. The summed E-state index contributed by atoms with van der Waals surface area (Å²) in [5, 5.41) is 9.62. The van der Waals surface area contributed by atoms with Crippen molar-refractivity contribution in [2.75, 3.05) is 13.1 Å². The largest absolute Gasteiger partial charge is 0.342 e. The van der Waals surface area contributed by atoms with Crippen molar-refractivity contribution < 1.29 is 4.79 Å². The van der Waals surface area contributed by atoms with Gasteiger partial charge in [0, 0.05) is 25.6 Å². The van der Waals surface area contributed by atoms with Crippen LogP contribution in [0.4, 0.5) is 0 Å². The highest BCUT2D eigenvalue weighted by molar-refractivity contribution is 7.13. The van der Waals surface area contributed by atoms with Gasteiger partial charge in [-0.05, 0) is 49.8 Å². The average Bonchev–Trinajstić information content (AvgIpc) is 3.41. The molecule has 2 aromatic rings. The molecular formula is C18H19N3O2S. The molecule has 1 aromatic carbocycles. The minimum atomic E-state index is 0.00332. The lowest BCUT2D eigenvalue weighted by Gasteiger charge is -2.32. The first-order chi connectivity index (χ1) is 11.7. The minimum absolute atomic E-state index is 0.00332. The molecule has 0 unspecified atom stereocenters. The van der Waals surface area contributed by atoms with Gasteiger partial charge in [-0.25, -0.2) is 0 Å². The minimum Gasteiger partial charge on any atom is -0.342 e. The van der Waals surface area contributed by atoms with E-state index in [1.807, 2.05) is 14.9 Å². The molecule has 2 heterocycles. The van der Waals surface area contributed by atoms with E-state index in [1.165, 1.54) is 11.5 Å². The smallest absolute Gasteiger partial charge is 0.268 e. The third-order valence-corrected chi connectivity index (χ3v) is 6.14. The molecule has 4 rings (SSSR count). The number of nitrogens with zero attached hydrogens (tertiary/aromatic N) is 3. The Bertz CT molecular complexity index is 880. The molecular weight excluding hydrogens is 322 g/mol. The maximum atomic E-state index is 12.5. The topological polar surface area (TPSA) is 66.1 Å². The van der Waals surface area contributed by atoms with Gasteiger partial charge in [0.05, 0.1) is 21.7 Å². The quantitative estimate of drug-likeness (QED) is 0.862. The van der Waals surface area contributed by atoms with Crippen LogP contribution >= 0.6 is 11.5 Å². The molecule has 24 heavy (non-hydrogen) atoms. The van der Waals surface area contributed by atoms with Crippen LogP contribution in [0, 0.1) is 23.2 Å². The Balaban J connectivity index is 1.45. The van der Waals surface area contributed by atoms with E-state index in [9.17, 15) is 9.59 Å². The predicted octanol–water partition coefficient (Wildman–Crippen LogP) is 2.58. The van der Waals surface area contributed by atoms with Gasteiger partial charge in [0.1, 0.15) is 0 Å². The number of hydrogen-bond donors (Lipinski definition) is 0. The van der Waals surface area contributed by atoms with Gasteiger partial charge in [-0.2, -0.15) is 5.26 Å². The van der Waals surface area contributed by atoms with Crippen molar-refractivity contribution in [3.05, 3.63) is 34.1 Å². The normalized spacial score (nSPS) is 18.7. The lowest BCUT2D eigenvalue weighted by Crippen LogP contribution is -2.40. The highest BCUT2D eigenvalue weighted by Crippen LogP contribution is 2.32. The molecule has 6 heteroatoms. The van der Waals surface area contributed by atoms with E-state index in [1.54, 1.807) is 12.1 Å². The number of fused-ring (bicyclic) bond motifs is 1. The summed E-state index contributed by atoms with van der Waals surface area (Å²) in [5.74, 6) is 1.06. The highest BCUT2D eigenvalue weighted by Gasteiger charge is 2.35. The highest BCUT2D eigenvalue weighted by atomic mass is 32.1. The van der Waals surface area contributed by atoms with Crippen molar-refractivity contribution in [2.45, 2.75) is 32.2 Å². The Hall–Kier alpha value is -2.13. The van der Waals surface area contributed by atoms with Crippen molar-refractivity contribution in [3.63, 3.8) is 0 Å². The van der Waals surface area contributed by atoms with Crippen molar-refractivity contribution >= 4 is 27.5 Å². The lowest BCUT2D eigenvalue weighted by molar-refractivity contribution is -0.134. The number of carbonyl (C=O) groups excluding carboxylic acids is 1. The van der Waals surface area contributed by atoms with E-state index in [2.05, 4.69) is 6.07 Å². The van der Waals surface area contributed by atoms with Crippen LogP contribution in [0.25, 0.3) is 10.1 Å². The van der Waals surface area contributed by atoms with Crippen LogP contribution in [0.3, 0.4) is 0 Å². The summed E-state index contributed by atoms with van der Waals surface area (Å²) in [7, 11) is 0. The maximum Gasteiger partial charge on any atom is 0.268 e. The standard InChI is InChI=1S/C18H19N3O2S/c19-10-13-1-4-16-15(9-13)18(23)21(24-16)11-12-5-7-20(8-6-12)17(22)14-2-3-14/h1,4,9,12,14H,2-3,5-8,11H2. The third kappa shape index (κ3) is 2.84. The Kier molecular flexibility index (Phi) is 3.89. The van der Waals surface area contributed by atoms with Gasteiger partial charge < -0.3 is 4.90 Å². The molecule has 124 valence electrons. The Morgan fingerprint density at radius 1 is 1.25 bits per heavy atom. The molecule has 0 bridgehead atoms. The average molecular weight is 341 g/mol. The van der Waals surface area contributed by atoms with Crippen LogP contribution in [-0.4, -0.2) is 27.9 Å². The van der Waals surface area contributed by atoms with Crippen molar-refractivity contribution in [2.24, 2.45) is 11.8 Å². The number of piperidine rings is 1. The zero-order valence-corrected chi connectivity index (χ0v) is 14.2. The van der Waals surface area contributed by atoms with E-state index in [-0.39, 0.29) is 5.56 Å². The molecule has 0 radical (unpaired) electrons. The number of nitriles is 1. The molecule has 5 nitrogen and oxygen atoms in total. The van der Waals surface area contributed by atoms with E-state index >= 15 is 0 Å². The number of hydrogen-bond acceptors (Lipinski definition) is 4. The first-order valence-electron chi connectivity index (χ1n) is 8.48. The van der Waals surface area contributed by atoms with Gasteiger partial charge in [-0.1, -0.05) is 11.5 Å². The molecule has 0 spiro atoms. The van der Waals surface area contributed by atoms with E-state index < -0.39 is 0 Å². The summed E-state index contributed by atoms with van der Waals surface area (Å²) in [4.78, 5) is 26.6. The van der Waals surface area contributed by atoms with Crippen LogP contribution in [0.5, 0.6) is 0 Å². The Morgan fingerprint density at radius 3 is 2.67 bits per heavy atom. The maximum absolute atomic E-state index is 12.5. The van der Waals surface area contributed by atoms with Crippen LogP contribution in [0.2, 0.25) is 0 Å². The molecule has 0 N–H and O–H groups in total. The molecule has 1 saturated heterocycles. The van der Waals surface area contributed by atoms with E-state index in [4.69, 9.17) is 5.26 Å². The van der Waals surface area contributed by atoms with Gasteiger partial charge in [0.15, 0.2) is 0 Å². The number of likely N-dealkylation sites (tertiary alicyclic amines) is 1. The molecule has 2 fully saturated rings. The second kappa shape index (κ2) is 6.06. The van der Waals surface area contributed by atoms with Gasteiger partial charge in [0.25, 0.3) is 5.56 Å². The molecule has 0 atom stereocenters. The van der Waals surface area contributed by atoms with Gasteiger partial charge >= 0.3 is 0 Å². The van der Waals surface area contributed by atoms with Crippen LogP contribution in [0.1, 0.15) is 31.2 Å². The summed E-state index contributed by atoms with van der Waals surface area (Å²) in [5.41, 5.74) is 0.528. The fourth-order valence-corrected chi connectivity index (χ4v) is 4.50. The first-order valence-corrected chi connectivity index (χ1v) is 9.26. The molecule has 2 aliphatic rings. The fourth-order valence-electron chi connectivity index (χ4n) is 3.42.